The molecule has 0 aromatic heterocycles. The second-order valence-corrected chi connectivity index (χ2v) is 9.15. The van der Waals surface area contributed by atoms with Gasteiger partial charge in [0, 0.05) is 5.92 Å². The Hall–Kier alpha value is -3.69. The summed E-state index contributed by atoms with van der Waals surface area (Å²) in [6, 6.07) is 10.9. The van der Waals surface area contributed by atoms with Crippen LogP contribution in [0, 0.1) is 23.5 Å². The zero-order valence-corrected chi connectivity index (χ0v) is 19.9. The number of methoxy groups -OCH3 is 1. The third kappa shape index (κ3) is 4.36. The second-order valence-electron chi connectivity index (χ2n) is 9.15. The molecule has 2 aromatic rings. The molecule has 2 heterocycles. The van der Waals surface area contributed by atoms with Gasteiger partial charge in [-0.25, -0.2) is 8.78 Å². The number of hydrogen-bond acceptors (Lipinski definition) is 6. The number of hydrogen-bond donors (Lipinski definition) is 1. The van der Waals surface area contributed by atoms with E-state index in [4.69, 9.17) is 20.3 Å². The van der Waals surface area contributed by atoms with E-state index in [1.54, 1.807) is 36.8 Å². The summed E-state index contributed by atoms with van der Waals surface area (Å²) in [5.41, 5.74) is 2.24. The number of fused-ring (bicyclic) bond motifs is 1. The van der Waals surface area contributed by atoms with E-state index in [0.29, 0.717) is 11.6 Å². The van der Waals surface area contributed by atoms with Crippen molar-refractivity contribution in [3.8, 4) is 5.75 Å². The molecule has 2 aliphatic heterocycles. The summed E-state index contributed by atoms with van der Waals surface area (Å²) in [7, 11) is 1.42. The molecular weight excluding hydrogens is 466 g/mol. The molecule has 1 saturated carbocycles. The molecule has 0 spiro atoms. The number of nitrogens with zero attached hydrogens (tertiary/aromatic N) is 3. The van der Waals surface area contributed by atoms with Crippen molar-refractivity contribution in [2.24, 2.45) is 27.7 Å². The number of rotatable bonds is 6. The molecule has 2 aromatic carbocycles. The highest BCUT2D eigenvalue weighted by atomic mass is 19.1. The molecule has 0 radical (unpaired) electrons. The van der Waals surface area contributed by atoms with Gasteiger partial charge in [0.25, 0.3) is 5.84 Å². The van der Waals surface area contributed by atoms with Crippen molar-refractivity contribution in [2.75, 3.05) is 7.11 Å². The van der Waals surface area contributed by atoms with Crippen LogP contribution >= 0.6 is 0 Å². The third-order valence-corrected chi connectivity index (χ3v) is 7.01. The summed E-state index contributed by atoms with van der Waals surface area (Å²) in [5, 5.41) is 0. The smallest absolute Gasteiger partial charge is 0.308 e. The molecule has 2 N–H and O–H groups in total. The number of aliphatic imine (C=N–C) groups is 2. The molecule has 7 nitrogen and oxygen atoms in total. The third-order valence-electron chi connectivity index (χ3n) is 7.01. The van der Waals surface area contributed by atoms with Crippen LogP contribution in [0.2, 0.25) is 0 Å². The summed E-state index contributed by atoms with van der Waals surface area (Å²) >= 11 is 0. The Morgan fingerprint density at radius 2 is 1.83 bits per heavy atom. The lowest BCUT2D eigenvalue weighted by atomic mass is 9.80. The average Bonchev–Trinajstić information content (AvgIpc) is 3.21. The number of ether oxygens (including phenoxy) is 2. The summed E-state index contributed by atoms with van der Waals surface area (Å²) in [4.78, 5) is 21.2. The van der Waals surface area contributed by atoms with E-state index in [-0.39, 0.29) is 34.6 Å². The van der Waals surface area contributed by atoms with Gasteiger partial charge in [0.05, 0.1) is 36.6 Å². The van der Waals surface area contributed by atoms with Gasteiger partial charge in [-0.3, -0.25) is 9.79 Å². The fourth-order valence-electron chi connectivity index (χ4n) is 5.03. The number of esters is 1. The highest BCUT2D eigenvalue weighted by molar-refractivity contribution is 6.00. The molecular formula is C27H27F2N4O3+. The van der Waals surface area contributed by atoms with Gasteiger partial charge in [-0.15, -0.1) is 4.59 Å². The number of amidine groups is 1. The molecule has 5 rings (SSSR count). The van der Waals surface area contributed by atoms with Crippen molar-refractivity contribution < 1.29 is 27.6 Å². The normalized spacial score (nSPS) is 24.9. The van der Waals surface area contributed by atoms with Gasteiger partial charge in [-0.05, 0) is 56.0 Å². The zero-order chi connectivity index (χ0) is 25.3. The number of benzene rings is 2. The molecule has 9 heteroatoms. The minimum absolute atomic E-state index is 0.0909. The van der Waals surface area contributed by atoms with E-state index >= 15 is 0 Å². The molecule has 3 aliphatic rings. The number of carbonyl (C=O) groups excluding carboxylic acids is 1. The van der Waals surface area contributed by atoms with Crippen LogP contribution in [0.5, 0.6) is 5.75 Å². The minimum Gasteiger partial charge on any atom is -0.489 e. The predicted molar refractivity (Wildman–Crippen MR) is 130 cm³/mol. The Morgan fingerprint density at radius 3 is 2.56 bits per heavy atom. The first-order valence-corrected chi connectivity index (χ1v) is 11.9. The largest absolute Gasteiger partial charge is 0.489 e. The van der Waals surface area contributed by atoms with Crippen molar-refractivity contribution in [3.63, 3.8) is 0 Å². The summed E-state index contributed by atoms with van der Waals surface area (Å²) in [6.07, 6.45) is 8.19. The minimum atomic E-state index is -0.657. The molecule has 0 saturated heterocycles. The first-order valence-electron chi connectivity index (χ1n) is 11.9. The molecule has 1 fully saturated rings. The number of quaternary nitrogens is 1. The lowest BCUT2D eigenvalue weighted by Crippen LogP contribution is -2.53. The van der Waals surface area contributed by atoms with Crippen molar-refractivity contribution in [1.29, 1.82) is 0 Å². The van der Waals surface area contributed by atoms with Crippen LogP contribution in [0.15, 0.2) is 76.2 Å². The van der Waals surface area contributed by atoms with Gasteiger partial charge in [0.2, 0.25) is 5.70 Å². The summed E-state index contributed by atoms with van der Waals surface area (Å²) < 4.78 is 38.5. The van der Waals surface area contributed by atoms with E-state index in [0.717, 1.165) is 42.6 Å². The quantitative estimate of drug-likeness (QED) is 0.358. The highest BCUT2D eigenvalue weighted by Gasteiger charge is 2.46. The van der Waals surface area contributed by atoms with Gasteiger partial charge in [-0.2, -0.15) is 10.8 Å². The summed E-state index contributed by atoms with van der Waals surface area (Å²) in [5.74, 6) is 6.45. The Morgan fingerprint density at radius 1 is 1.11 bits per heavy atom. The van der Waals surface area contributed by atoms with Crippen molar-refractivity contribution in [1.82, 2.24) is 0 Å². The van der Waals surface area contributed by atoms with Gasteiger partial charge in [0.15, 0.2) is 0 Å². The monoisotopic (exact) mass is 493 g/mol. The Balaban J connectivity index is 1.40. The molecule has 0 bridgehead atoms. The van der Waals surface area contributed by atoms with Gasteiger partial charge < -0.3 is 9.47 Å². The highest BCUT2D eigenvalue weighted by Crippen LogP contribution is 2.41. The lowest BCUT2D eigenvalue weighted by Gasteiger charge is -2.28. The van der Waals surface area contributed by atoms with Crippen molar-refractivity contribution >= 4 is 18.0 Å². The van der Waals surface area contributed by atoms with E-state index in [9.17, 15) is 13.6 Å². The Kier molecular flexibility index (Phi) is 6.51. The number of carbonyl (C=O) groups is 1. The molecule has 1 unspecified atom stereocenters. The second kappa shape index (κ2) is 9.75. The first kappa shape index (κ1) is 24.0. The van der Waals surface area contributed by atoms with E-state index in [1.807, 2.05) is 6.07 Å². The van der Waals surface area contributed by atoms with E-state index in [1.165, 1.54) is 25.3 Å². The van der Waals surface area contributed by atoms with Crippen LogP contribution in [-0.4, -0.2) is 29.7 Å². The Labute approximate surface area is 207 Å². The number of halogens is 2. The van der Waals surface area contributed by atoms with Crippen LogP contribution in [0.4, 0.5) is 8.78 Å². The van der Waals surface area contributed by atoms with Crippen LogP contribution in [0.3, 0.4) is 0 Å². The maximum Gasteiger partial charge on any atom is 0.308 e. The van der Waals surface area contributed by atoms with Gasteiger partial charge >= 0.3 is 5.97 Å². The van der Waals surface area contributed by atoms with Crippen LogP contribution in [0.25, 0.3) is 0 Å². The van der Waals surface area contributed by atoms with E-state index in [2.05, 4.69) is 4.99 Å². The van der Waals surface area contributed by atoms with Gasteiger partial charge in [0.1, 0.15) is 35.9 Å². The van der Waals surface area contributed by atoms with Crippen LogP contribution < -0.4 is 10.6 Å². The Bertz CT molecular complexity index is 1290. The predicted octanol–water partition coefficient (Wildman–Crippen LogP) is 4.74. The molecule has 0 amide bonds. The SMILES string of the molecule is COC(=O)C1CCC(C2=C3C=NC=C[N+]3(N)C(c3cccc(OCc4c(F)cccc4F)c3)=N2)CC1. The van der Waals surface area contributed by atoms with Crippen molar-refractivity contribution in [3.05, 3.63) is 89.0 Å². The van der Waals surface area contributed by atoms with Crippen LogP contribution in [0.1, 0.15) is 36.8 Å². The molecule has 1 atom stereocenters. The number of nitrogens with two attached hydrogens (primary N) is 1. The lowest BCUT2D eigenvalue weighted by molar-refractivity contribution is -0.750. The van der Waals surface area contributed by atoms with Crippen molar-refractivity contribution in [2.45, 2.75) is 32.3 Å². The topological polar surface area (TPSA) is 86.3 Å². The fourth-order valence-corrected chi connectivity index (χ4v) is 5.03. The first-order chi connectivity index (χ1) is 17.4. The number of allylic oxidation sites excluding steroid dienone is 2. The maximum absolute atomic E-state index is 14.0. The molecule has 36 heavy (non-hydrogen) atoms. The fraction of sp³-hybridized carbons (Fsp3) is 0.296. The maximum atomic E-state index is 14.0. The summed E-state index contributed by atoms with van der Waals surface area (Å²) in [6.45, 7) is -0.248. The van der Waals surface area contributed by atoms with E-state index < -0.39 is 11.6 Å². The average molecular weight is 494 g/mol. The molecule has 186 valence electrons. The van der Waals surface area contributed by atoms with Crippen LogP contribution in [-0.2, 0) is 16.1 Å². The zero-order valence-electron chi connectivity index (χ0n) is 19.9. The van der Waals surface area contributed by atoms with Gasteiger partial charge in [-0.1, -0.05) is 12.1 Å². The standard InChI is InChI=1S/C27H27F2N4O3/c1-35-27(34)18-10-8-17(9-11-18)25-24-15-31-12-13-33(24,30)26(32-25)19-4-2-5-20(14-19)36-16-21-22(28)6-3-7-23(21)29/h2-7,12-15,17-18H,8-11,16,30H2,1H3/q+1. The molecule has 1 aliphatic carbocycles.